The molecule has 0 amide bonds. The quantitative estimate of drug-likeness (QED) is 0.790. The van der Waals surface area contributed by atoms with Crippen LogP contribution in [0.3, 0.4) is 0 Å². The molecule has 0 aromatic heterocycles. The summed E-state index contributed by atoms with van der Waals surface area (Å²) in [6.45, 7) is 10.7. The predicted octanol–water partition coefficient (Wildman–Crippen LogP) is 4.31. The lowest BCUT2D eigenvalue weighted by molar-refractivity contribution is 0.235. The van der Waals surface area contributed by atoms with Crippen molar-refractivity contribution < 1.29 is 9.47 Å². The van der Waals surface area contributed by atoms with Gasteiger partial charge in [-0.1, -0.05) is 20.8 Å². The van der Waals surface area contributed by atoms with E-state index in [1.807, 2.05) is 12.1 Å². The number of ether oxygens (including phenoxy) is 2. The van der Waals surface area contributed by atoms with Crippen LogP contribution in [0.2, 0.25) is 0 Å². The van der Waals surface area contributed by atoms with E-state index in [-0.39, 0.29) is 11.5 Å². The van der Waals surface area contributed by atoms with E-state index in [4.69, 9.17) is 9.47 Å². The lowest BCUT2D eigenvalue weighted by Gasteiger charge is -2.24. The van der Waals surface area contributed by atoms with Crippen molar-refractivity contribution in [3.8, 4) is 11.5 Å². The molecule has 1 fully saturated rings. The second-order valence-electron chi connectivity index (χ2n) is 6.39. The molecule has 2 heteroatoms. The van der Waals surface area contributed by atoms with Gasteiger partial charge in [0.2, 0.25) is 0 Å². The highest BCUT2D eigenvalue weighted by molar-refractivity contribution is 5.44. The van der Waals surface area contributed by atoms with E-state index in [0.29, 0.717) is 6.10 Å². The summed E-state index contributed by atoms with van der Waals surface area (Å²) in [4.78, 5) is 0. The van der Waals surface area contributed by atoms with E-state index < -0.39 is 0 Å². The average molecular weight is 248 g/mol. The van der Waals surface area contributed by atoms with Gasteiger partial charge in [0, 0.05) is 5.56 Å². The Morgan fingerprint density at radius 3 is 2.33 bits per heavy atom. The Morgan fingerprint density at radius 2 is 1.83 bits per heavy atom. The molecule has 0 spiro atoms. The van der Waals surface area contributed by atoms with Crippen LogP contribution >= 0.6 is 0 Å². The van der Waals surface area contributed by atoms with Gasteiger partial charge in [-0.05, 0) is 50.3 Å². The molecule has 100 valence electrons. The minimum atomic E-state index is 0.0626. The summed E-state index contributed by atoms with van der Waals surface area (Å²) < 4.78 is 11.8. The largest absolute Gasteiger partial charge is 0.491 e. The zero-order chi connectivity index (χ0) is 13.3. The van der Waals surface area contributed by atoms with Crippen molar-refractivity contribution in [3.05, 3.63) is 23.8 Å². The van der Waals surface area contributed by atoms with E-state index in [1.54, 1.807) is 0 Å². The van der Waals surface area contributed by atoms with Crippen LogP contribution in [0.15, 0.2) is 18.2 Å². The van der Waals surface area contributed by atoms with Gasteiger partial charge in [0.15, 0.2) is 0 Å². The van der Waals surface area contributed by atoms with Gasteiger partial charge in [0.05, 0.1) is 12.2 Å². The van der Waals surface area contributed by atoms with Crippen molar-refractivity contribution in [1.29, 1.82) is 0 Å². The number of hydrogen-bond donors (Lipinski definition) is 0. The third kappa shape index (κ3) is 3.41. The highest BCUT2D eigenvalue weighted by atomic mass is 16.5. The topological polar surface area (TPSA) is 18.5 Å². The molecule has 1 aliphatic carbocycles. The monoisotopic (exact) mass is 248 g/mol. The molecule has 0 radical (unpaired) electrons. The summed E-state index contributed by atoms with van der Waals surface area (Å²) in [5.41, 5.74) is 1.28. The van der Waals surface area contributed by atoms with Gasteiger partial charge in [0.1, 0.15) is 11.5 Å². The maximum atomic E-state index is 5.89. The van der Waals surface area contributed by atoms with Crippen molar-refractivity contribution in [2.24, 2.45) is 0 Å². The molecule has 0 heterocycles. The number of rotatable bonds is 4. The second kappa shape index (κ2) is 4.83. The first-order valence-corrected chi connectivity index (χ1v) is 6.84. The third-order valence-corrected chi connectivity index (χ3v) is 2.95. The fraction of sp³-hybridized carbons (Fsp3) is 0.625. The van der Waals surface area contributed by atoms with E-state index in [0.717, 1.165) is 11.5 Å². The van der Waals surface area contributed by atoms with Crippen LogP contribution in [0.5, 0.6) is 11.5 Å². The Labute approximate surface area is 110 Å². The molecule has 18 heavy (non-hydrogen) atoms. The lowest BCUT2D eigenvalue weighted by atomic mass is 9.86. The van der Waals surface area contributed by atoms with Gasteiger partial charge >= 0.3 is 0 Å². The maximum absolute atomic E-state index is 5.89. The van der Waals surface area contributed by atoms with E-state index in [2.05, 4.69) is 40.7 Å². The number of hydrogen-bond acceptors (Lipinski definition) is 2. The molecule has 1 aliphatic rings. The van der Waals surface area contributed by atoms with Gasteiger partial charge in [-0.3, -0.25) is 0 Å². The highest BCUT2D eigenvalue weighted by Gasteiger charge is 2.25. The molecule has 0 atom stereocenters. The fourth-order valence-corrected chi connectivity index (χ4v) is 1.90. The van der Waals surface area contributed by atoms with Gasteiger partial charge in [-0.25, -0.2) is 0 Å². The molecule has 0 N–H and O–H groups in total. The summed E-state index contributed by atoms with van der Waals surface area (Å²) in [6, 6.07) is 6.19. The predicted molar refractivity (Wildman–Crippen MR) is 74.6 cm³/mol. The molecule has 0 saturated heterocycles. The maximum Gasteiger partial charge on any atom is 0.123 e. The Kier molecular flexibility index (Phi) is 3.56. The molecule has 2 nitrogen and oxygen atoms in total. The van der Waals surface area contributed by atoms with Gasteiger partial charge in [-0.15, -0.1) is 0 Å². The van der Waals surface area contributed by atoms with Gasteiger partial charge < -0.3 is 9.47 Å². The van der Waals surface area contributed by atoms with Crippen LogP contribution in [0.4, 0.5) is 0 Å². The Hall–Kier alpha value is -1.18. The minimum absolute atomic E-state index is 0.0626. The molecule has 1 saturated carbocycles. The van der Waals surface area contributed by atoms with Gasteiger partial charge in [0.25, 0.3) is 0 Å². The normalized spacial score (nSPS) is 15.9. The van der Waals surface area contributed by atoms with E-state index in [1.165, 1.54) is 18.4 Å². The van der Waals surface area contributed by atoms with E-state index in [9.17, 15) is 0 Å². The Balaban J connectivity index is 2.28. The molecular formula is C16H24O2. The first-order chi connectivity index (χ1) is 8.36. The van der Waals surface area contributed by atoms with Crippen LogP contribution < -0.4 is 9.47 Å². The minimum Gasteiger partial charge on any atom is -0.491 e. The zero-order valence-electron chi connectivity index (χ0n) is 12.1. The molecule has 0 aliphatic heterocycles. The van der Waals surface area contributed by atoms with Crippen molar-refractivity contribution in [1.82, 2.24) is 0 Å². The number of benzene rings is 1. The Bertz CT molecular complexity index is 412. The van der Waals surface area contributed by atoms with Crippen LogP contribution in [0.25, 0.3) is 0 Å². The summed E-state index contributed by atoms with van der Waals surface area (Å²) in [7, 11) is 0. The standard InChI is InChI=1S/C16H24O2/c1-11(2)17-15-9-8-13(18-12-6-7-12)10-14(15)16(3,4)5/h8-12H,6-7H2,1-5H3. The SMILES string of the molecule is CC(C)Oc1ccc(OC2CC2)cc1C(C)(C)C. The Morgan fingerprint density at radius 1 is 1.17 bits per heavy atom. The second-order valence-corrected chi connectivity index (χ2v) is 6.39. The molecule has 0 bridgehead atoms. The summed E-state index contributed by atoms with van der Waals surface area (Å²) in [5.74, 6) is 1.94. The first kappa shape index (κ1) is 13.3. The molecule has 1 aromatic rings. The van der Waals surface area contributed by atoms with Crippen LogP contribution in [0, 0.1) is 0 Å². The zero-order valence-corrected chi connectivity index (χ0v) is 12.1. The smallest absolute Gasteiger partial charge is 0.123 e. The molecule has 2 rings (SSSR count). The molecular weight excluding hydrogens is 224 g/mol. The van der Waals surface area contributed by atoms with Crippen molar-refractivity contribution >= 4 is 0 Å². The van der Waals surface area contributed by atoms with Gasteiger partial charge in [-0.2, -0.15) is 0 Å². The summed E-state index contributed by atoms with van der Waals surface area (Å²) >= 11 is 0. The third-order valence-electron chi connectivity index (χ3n) is 2.95. The highest BCUT2D eigenvalue weighted by Crippen LogP contribution is 2.36. The van der Waals surface area contributed by atoms with Crippen molar-refractivity contribution in [3.63, 3.8) is 0 Å². The fourth-order valence-electron chi connectivity index (χ4n) is 1.90. The van der Waals surface area contributed by atoms with Crippen molar-refractivity contribution in [2.45, 2.75) is 65.1 Å². The summed E-state index contributed by atoms with van der Waals surface area (Å²) in [5, 5.41) is 0. The average Bonchev–Trinajstić information content (AvgIpc) is 3.02. The molecule has 1 aromatic carbocycles. The van der Waals surface area contributed by atoms with E-state index >= 15 is 0 Å². The summed E-state index contributed by atoms with van der Waals surface area (Å²) in [6.07, 6.45) is 3.01. The molecule has 0 unspecified atom stereocenters. The lowest BCUT2D eigenvalue weighted by Crippen LogP contribution is -2.16. The van der Waals surface area contributed by atoms with Crippen LogP contribution in [-0.4, -0.2) is 12.2 Å². The van der Waals surface area contributed by atoms with Crippen LogP contribution in [0.1, 0.15) is 53.0 Å². The van der Waals surface area contributed by atoms with Crippen LogP contribution in [-0.2, 0) is 5.41 Å². The first-order valence-electron chi connectivity index (χ1n) is 6.84. The van der Waals surface area contributed by atoms with Crippen molar-refractivity contribution in [2.75, 3.05) is 0 Å².